The molecule has 2 aromatic carbocycles. The van der Waals surface area contributed by atoms with Crippen molar-refractivity contribution < 1.29 is 33.4 Å². The number of nitrogens with zero attached hydrogens (tertiary/aromatic N) is 7. The maximum atomic E-state index is 13.7. The van der Waals surface area contributed by atoms with Gasteiger partial charge in [-0.15, -0.1) is 0 Å². The fourth-order valence-electron chi connectivity index (χ4n) is 10.0. The minimum Gasteiger partial charge on any atom is -0.478 e. The number of carbonyl (C=O) groups is 5. The molecule has 1 unspecified atom stereocenters. The van der Waals surface area contributed by atoms with Crippen molar-refractivity contribution in [1.82, 2.24) is 29.7 Å². The van der Waals surface area contributed by atoms with Gasteiger partial charge in [-0.2, -0.15) is 4.98 Å². The Labute approximate surface area is 380 Å². The second-order valence-corrected chi connectivity index (χ2v) is 18.4. The van der Waals surface area contributed by atoms with Gasteiger partial charge in [0.1, 0.15) is 11.1 Å². The van der Waals surface area contributed by atoms with E-state index in [4.69, 9.17) is 31.8 Å². The molecule has 65 heavy (non-hydrogen) atoms. The maximum Gasteiger partial charge on any atom is 0.293 e. The van der Waals surface area contributed by atoms with Gasteiger partial charge in [0.15, 0.2) is 18.2 Å². The van der Waals surface area contributed by atoms with Crippen molar-refractivity contribution >= 4 is 75.2 Å². The molecule has 0 bridgehead atoms. The van der Waals surface area contributed by atoms with E-state index < -0.39 is 42.2 Å². The Hall–Kier alpha value is -6.11. The Balaban J connectivity index is 0.763. The first-order valence-corrected chi connectivity index (χ1v) is 22.7. The highest BCUT2D eigenvalue weighted by Gasteiger charge is 2.46. The normalized spacial score (nSPS) is 23.0. The van der Waals surface area contributed by atoms with Gasteiger partial charge < -0.3 is 34.9 Å². The number of halogens is 1. The average molecular weight is 909 g/mol. The van der Waals surface area contributed by atoms with Crippen LogP contribution >= 0.6 is 11.6 Å². The van der Waals surface area contributed by atoms with Crippen LogP contribution in [-0.4, -0.2) is 124 Å². The quantitative estimate of drug-likeness (QED) is 0.171. The zero-order chi connectivity index (χ0) is 45.8. The van der Waals surface area contributed by atoms with Crippen LogP contribution < -0.4 is 36.5 Å². The van der Waals surface area contributed by atoms with E-state index in [9.17, 15) is 28.8 Å². The van der Waals surface area contributed by atoms with Crippen molar-refractivity contribution in [2.45, 2.75) is 103 Å². The molecular formula is C46H53ClN10O8. The van der Waals surface area contributed by atoms with Gasteiger partial charge >= 0.3 is 0 Å². The van der Waals surface area contributed by atoms with Crippen LogP contribution in [0.3, 0.4) is 0 Å². The molecule has 4 aromatic rings. The van der Waals surface area contributed by atoms with Crippen molar-refractivity contribution in [1.29, 1.82) is 0 Å². The molecule has 19 heteroatoms. The van der Waals surface area contributed by atoms with E-state index in [1.165, 1.54) is 0 Å². The van der Waals surface area contributed by atoms with E-state index in [0.717, 1.165) is 79.9 Å². The number of fused-ring (bicyclic) bond motifs is 2. The largest absolute Gasteiger partial charge is 0.478 e. The van der Waals surface area contributed by atoms with E-state index in [1.807, 2.05) is 45.0 Å². The first-order chi connectivity index (χ1) is 31.1. The minimum absolute atomic E-state index is 0.0348. The second-order valence-electron chi connectivity index (χ2n) is 18.0. The molecule has 4 N–H and O–H groups in total. The molecule has 2 atom stereocenters. The highest BCUT2D eigenvalue weighted by Crippen LogP contribution is 2.38. The molecular weight excluding hydrogens is 856 g/mol. The fraction of sp³-hybridized carbons (Fsp3) is 0.478. The van der Waals surface area contributed by atoms with Gasteiger partial charge in [-0.25, -0.2) is 4.98 Å². The molecule has 18 nitrogen and oxygen atoms in total. The van der Waals surface area contributed by atoms with Crippen LogP contribution in [0.1, 0.15) is 91.6 Å². The van der Waals surface area contributed by atoms with E-state index >= 15 is 0 Å². The van der Waals surface area contributed by atoms with Gasteiger partial charge in [0.2, 0.25) is 17.8 Å². The minimum atomic E-state index is -0.995. The summed E-state index contributed by atoms with van der Waals surface area (Å²) in [5.74, 6) is -1.62. The number of aromatic nitrogens is 3. The highest BCUT2D eigenvalue weighted by molar-refractivity contribution is 6.33. The molecule has 2 aromatic heterocycles. The summed E-state index contributed by atoms with van der Waals surface area (Å²) < 4.78 is 13.7. The van der Waals surface area contributed by atoms with Crippen LogP contribution in [0.15, 0.2) is 47.4 Å². The van der Waals surface area contributed by atoms with Crippen LogP contribution in [0.4, 0.5) is 23.1 Å². The van der Waals surface area contributed by atoms with Gasteiger partial charge in [-0.05, 0) is 102 Å². The number of pyridine rings is 1. The SMILES string of the molecule is Cc1c(N2CCN([C@H]3C[C@H](OC4CCN(c5ncc(Cl)c(Nc6ccc7c(c6)cc(OCC(N)=O)c(=O)n7C(C)C)n5)CC4)C3)C[C@H]2C)ccc2c1C(=O)N(C1CCC(=O)NC1=O)C2=O. The topological polar surface area (TPSA) is 215 Å². The third kappa shape index (κ3) is 8.50. The second kappa shape index (κ2) is 17.7. The van der Waals surface area contributed by atoms with Gasteiger partial charge in [0, 0.05) is 74.0 Å². The zero-order valence-corrected chi connectivity index (χ0v) is 37.6. The lowest BCUT2D eigenvalue weighted by Crippen LogP contribution is -2.59. The summed E-state index contributed by atoms with van der Waals surface area (Å²) in [6, 6.07) is 10.2. The molecule has 1 aliphatic carbocycles. The molecule has 0 radical (unpaired) electrons. The number of rotatable bonds is 12. The average Bonchev–Trinajstić information content (AvgIpc) is 3.51. The summed E-state index contributed by atoms with van der Waals surface area (Å²) in [4.78, 5) is 93.2. The predicted molar refractivity (Wildman–Crippen MR) is 243 cm³/mol. The van der Waals surface area contributed by atoms with Crippen LogP contribution in [0, 0.1) is 6.92 Å². The third-order valence-electron chi connectivity index (χ3n) is 13.4. The summed E-state index contributed by atoms with van der Waals surface area (Å²) in [6.45, 7) is 11.4. The molecule has 6 heterocycles. The maximum absolute atomic E-state index is 13.7. The zero-order valence-electron chi connectivity index (χ0n) is 36.8. The van der Waals surface area contributed by atoms with Crippen LogP contribution in [-0.2, 0) is 19.1 Å². The number of hydrogen-bond donors (Lipinski definition) is 3. The monoisotopic (exact) mass is 908 g/mol. The number of piperidine rings is 2. The summed E-state index contributed by atoms with van der Waals surface area (Å²) in [5.41, 5.74) is 8.59. The van der Waals surface area contributed by atoms with Crippen LogP contribution in [0.2, 0.25) is 5.02 Å². The Kier molecular flexibility index (Phi) is 12.0. The van der Waals surface area contributed by atoms with E-state index in [0.29, 0.717) is 45.2 Å². The third-order valence-corrected chi connectivity index (χ3v) is 13.7. The number of anilines is 4. The van der Waals surface area contributed by atoms with Gasteiger partial charge in [-0.3, -0.25) is 43.9 Å². The molecule has 342 valence electrons. The van der Waals surface area contributed by atoms with Crippen molar-refractivity contribution in [3.8, 4) is 5.75 Å². The molecule has 4 fully saturated rings. The molecule has 4 aliphatic heterocycles. The first kappa shape index (κ1) is 44.1. The highest BCUT2D eigenvalue weighted by atomic mass is 35.5. The number of imide groups is 2. The summed E-state index contributed by atoms with van der Waals surface area (Å²) >= 11 is 6.59. The Bertz CT molecular complexity index is 2660. The standard InChI is InChI=1S/C46H53ClN10O8/c1-24(2)56-35-7-5-28(17-27(35)18-37(44(56)62)64-23-38(48)58)50-41-33(47)21-49-46(52-41)53-13-11-30(12-14-53)65-31-19-29(20-31)54-15-16-55(25(3)22-54)34-8-6-32-40(26(34)4)45(63)57(43(32)61)36-9-10-39(59)51-42(36)60/h5-8,17-18,21,24-25,29-31,36H,9-16,19-20,22-23H2,1-4H3,(H2,48,58)(H,49,50,52)(H,51,59,60)/t25-,29-,31-,36?/m1/s1. The predicted octanol–water partition coefficient (Wildman–Crippen LogP) is 4.07. The summed E-state index contributed by atoms with van der Waals surface area (Å²) in [5, 5.41) is 6.64. The summed E-state index contributed by atoms with van der Waals surface area (Å²) in [7, 11) is 0. The number of benzene rings is 2. The van der Waals surface area contributed by atoms with Crippen molar-refractivity contribution in [3.63, 3.8) is 0 Å². The Morgan fingerprint density at radius 1 is 0.985 bits per heavy atom. The van der Waals surface area contributed by atoms with Crippen molar-refractivity contribution in [2.75, 3.05) is 54.4 Å². The van der Waals surface area contributed by atoms with Crippen molar-refractivity contribution in [3.05, 3.63) is 74.7 Å². The van der Waals surface area contributed by atoms with Gasteiger partial charge in [0.25, 0.3) is 23.3 Å². The number of amides is 5. The lowest BCUT2D eigenvalue weighted by Gasteiger charge is -2.50. The van der Waals surface area contributed by atoms with Crippen LogP contribution in [0.25, 0.3) is 10.9 Å². The van der Waals surface area contributed by atoms with E-state index in [1.54, 1.807) is 22.9 Å². The molecule has 3 saturated heterocycles. The molecule has 1 saturated carbocycles. The number of carbonyl (C=O) groups excluding carboxylic acids is 5. The lowest BCUT2D eigenvalue weighted by atomic mass is 9.86. The van der Waals surface area contributed by atoms with Crippen LogP contribution in [0.5, 0.6) is 5.75 Å². The Morgan fingerprint density at radius 2 is 1.75 bits per heavy atom. The molecule has 5 aliphatic rings. The number of ether oxygens (including phenoxy) is 2. The number of nitrogens with two attached hydrogens (primary N) is 1. The van der Waals surface area contributed by atoms with E-state index in [-0.39, 0.29) is 48.4 Å². The fourth-order valence-corrected chi connectivity index (χ4v) is 10.1. The molecule has 5 amide bonds. The number of hydrogen-bond acceptors (Lipinski definition) is 14. The lowest BCUT2D eigenvalue weighted by molar-refractivity contribution is -0.136. The summed E-state index contributed by atoms with van der Waals surface area (Å²) in [6.07, 6.45) is 5.75. The van der Waals surface area contributed by atoms with Crippen molar-refractivity contribution in [2.24, 2.45) is 5.73 Å². The molecule has 9 rings (SSSR count). The van der Waals surface area contributed by atoms with E-state index in [2.05, 4.69) is 37.2 Å². The van der Waals surface area contributed by atoms with Gasteiger partial charge in [-0.1, -0.05) is 11.6 Å². The molecule has 0 spiro atoms. The first-order valence-electron chi connectivity index (χ1n) is 22.3. The number of primary amides is 1. The van der Waals surface area contributed by atoms with Gasteiger partial charge in [0.05, 0.1) is 35.0 Å². The number of nitrogens with one attached hydrogen (secondary N) is 2. The smallest absolute Gasteiger partial charge is 0.293 e. The number of piperazine rings is 1. The Morgan fingerprint density at radius 3 is 2.46 bits per heavy atom.